The van der Waals surface area contributed by atoms with Crippen LogP contribution in [0.5, 0.6) is 11.5 Å². The van der Waals surface area contributed by atoms with E-state index in [-0.39, 0.29) is 16.9 Å². The number of methoxy groups -OCH3 is 1. The molecule has 4 aromatic rings. The van der Waals surface area contributed by atoms with Crippen LogP contribution in [-0.4, -0.2) is 36.7 Å². The Bertz CT molecular complexity index is 1610. The molecule has 0 fully saturated rings. The van der Waals surface area contributed by atoms with Crippen molar-refractivity contribution in [2.45, 2.75) is 30.4 Å². The summed E-state index contributed by atoms with van der Waals surface area (Å²) in [6.45, 7) is 4.27. The highest BCUT2D eigenvalue weighted by Gasteiger charge is 2.20. The zero-order chi connectivity index (χ0) is 31.3. The molecule has 0 radical (unpaired) electrons. The summed E-state index contributed by atoms with van der Waals surface area (Å²) in [5, 5.41) is 8.24. The Kier molecular flexibility index (Phi) is 11.6. The SMILES string of the molecule is CCOc1ccccc1/C=C(/NC(=O)c1ccccc1)C(=O)Nc1cccc(SC(CC)C(=O)Nc2ccc(OC)cc2)c1. The third-order valence-electron chi connectivity index (χ3n) is 6.44. The number of carbonyl (C=O) groups excluding carboxylic acids is 3. The van der Waals surface area contributed by atoms with Gasteiger partial charge in [-0.1, -0.05) is 49.4 Å². The molecule has 44 heavy (non-hydrogen) atoms. The van der Waals surface area contributed by atoms with Gasteiger partial charge in [-0.15, -0.1) is 11.8 Å². The molecular weight excluding hydrogens is 574 g/mol. The van der Waals surface area contributed by atoms with Gasteiger partial charge in [0.1, 0.15) is 17.2 Å². The summed E-state index contributed by atoms with van der Waals surface area (Å²) in [6, 6.07) is 30.4. The fourth-order valence-electron chi connectivity index (χ4n) is 4.21. The van der Waals surface area contributed by atoms with Crippen molar-refractivity contribution in [3.05, 3.63) is 120 Å². The first kappa shape index (κ1) is 31.9. The number of nitrogens with one attached hydrogen (secondary N) is 3. The molecule has 3 amide bonds. The molecule has 9 heteroatoms. The summed E-state index contributed by atoms with van der Waals surface area (Å²) in [6.07, 6.45) is 2.19. The zero-order valence-corrected chi connectivity index (χ0v) is 25.6. The highest BCUT2D eigenvalue weighted by atomic mass is 32.2. The third kappa shape index (κ3) is 8.99. The number of para-hydroxylation sites is 1. The Morgan fingerprint density at radius 2 is 1.55 bits per heavy atom. The molecule has 0 aliphatic heterocycles. The molecule has 3 N–H and O–H groups in total. The average molecular weight is 610 g/mol. The van der Waals surface area contributed by atoms with Gasteiger partial charge in [-0.05, 0) is 80.1 Å². The van der Waals surface area contributed by atoms with Crippen LogP contribution in [0.25, 0.3) is 6.08 Å². The minimum Gasteiger partial charge on any atom is -0.497 e. The Labute approximate surface area is 261 Å². The van der Waals surface area contributed by atoms with E-state index in [9.17, 15) is 14.4 Å². The van der Waals surface area contributed by atoms with Crippen LogP contribution in [0, 0.1) is 0 Å². The van der Waals surface area contributed by atoms with E-state index in [2.05, 4.69) is 16.0 Å². The average Bonchev–Trinajstić information content (AvgIpc) is 3.05. The van der Waals surface area contributed by atoms with E-state index >= 15 is 0 Å². The molecule has 4 aromatic carbocycles. The number of thioether (sulfide) groups is 1. The topological polar surface area (TPSA) is 106 Å². The Hall–Kier alpha value is -5.02. The lowest BCUT2D eigenvalue weighted by molar-refractivity contribution is -0.116. The first-order chi connectivity index (χ1) is 21.4. The Morgan fingerprint density at radius 1 is 0.818 bits per heavy atom. The summed E-state index contributed by atoms with van der Waals surface area (Å²) in [5.41, 5.74) is 2.31. The standard InChI is InChI=1S/C35H35N3O5S/c1-4-32(35(41)36-26-18-20-28(42-3)21-19-26)44-29-16-11-15-27(23-29)37-34(40)30(38-33(39)24-12-7-6-8-13-24)22-25-14-9-10-17-31(25)43-5-2/h6-23,32H,4-5H2,1-3H3,(H,36,41)(H,37,40)(H,38,39)/b30-22+. The number of benzene rings is 4. The molecular formula is C35H35N3O5S. The molecule has 8 nitrogen and oxygen atoms in total. The molecule has 0 bridgehead atoms. The summed E-state index contributed by atoms with van der Waals surface area (Å²) in [4.78, 5) is 40.5. The maximum absolute atomic E-state index is 13.6. The van der Waals surface area contributed by atoms with Gasteiger partial charge in [-0.2, -0.15) is 0 Å². The lowest BCUT2D eigenvalue weighted by Crippen LogP contribution is -2.30. The fraction of sp³-hybridized carbons (Fsp3) is 0.171. The molecule has 0 heterocycles. The van der Waals surface area contributed by atoms with Gasteiger partial charge in [-0.25, -0.2) is 0 Å². The number of anilines is 2. The molecule has 0 saturated heterocycles. The van der Waals surface area contributed by atoms with Crippen molar-refractivity contribution in [2.75, 3.05) is 24.4 Å². The summed E-state index contributed by atoms with van der Waals surface area (Å²) >= 11 is 1.40. The highest BCUT2D eigenvalue weighted by Crippen LogP contribution is 2.29. The summed E-state index contributed by atoms with van der Waals surface area (Å²) in [7, 11) is 1.59. The largest absolute Gasteiger partial charge is 0.497 e. The van der Waals surface area contributed by atoms with Crippen LogP contribution in [0.1, 0.15) is 36.2 Å². The first-order valence-corrected chi connectivity index (χ1v) is 15.1. The highest BCUT2D eigenvalue weighted by molar-refractivity contribution is 8.00. The van der Waals surface area contributed by atoms with Crippen LogP contribution in [0.2, 0.25) is 0 Å². The fourth-order valence-corrected chi connectivity index (χ4v) is 5.23. The molecule has 1 atom stereocenters. The van der Waals surface area contributed by atoms with E-state index in [1.807, 2.05) is 50.2 Å². The van der Waals surface area contributed by atoms with Gasteiger partial charge in [0, 0.05) is 27.4 Å². The Balaban J connectivity index is 1.52. The Morgan fingerprint density at radius 3 is 2.25 bits per heavy atom. The first-order valence-electron chi connectivity index (χ1n) is 14.2. The molecule has 0 aliphatic rings. The van der Waals surface area contributed by atoms with E-state index in [1.165, 1.54) is 11.8 Å². The van der Waals surface area contributed by atoms with Crippen LogP contribution in [-0.2, 0) is 9.59 Å². The van der Waals surface area contributed by atoms with Crippen molar-refractivity contribution in [3.63, 3.8) is 0 Å². The molecule has 0 spiro atoms. The smallest absolute Gasteiger partial charge is 0.272 e. The van der Waals surface area contributed by atoms with E-state index in [4.69, 9.17) is 9.47 Å². The second-order valence-corrected chi connectivity index (χ2v) is 10.8. The lowest BCUT2D eigenvalue weighted by Gasteiger charge is -2.16. The van der Waals surface area contributed by atoms with Crippen molar-refractivity contribution in [1.29, 1.82) is 0 Å². The maximum atomic E-state index is 13.6. The molecule has 1 unspecified atom stereocenters. The van der Waals surface area contributed by atoms with E-state index in [1.54, 1.807) is 79.9 Å². The van der Waals surface area contributed by atoms with Crippen LogP contribution in [0.4, 0.5) is 11.4 Å². The van der Waals surface area contributed by atoms with Gasteiger partial charge in [0.05, 0.1) is 19.0 Å². The van der Waals surface area contributed by atoms with Crippen molar-refractivity contribution in [2.24, 2.45) is 0 Å². The lowest BCUT2D eigenvalue weighted by atomic mass is 10.1. The zero-order valence-electron chi connectivity index (χ0n) is 24.8. The van der Waals surface area contributed by atoms with Gasteiger partial charge in [-0.3, -0.25) is 14.4 Å². The number of rotatable bonds is 13. The van der Waals surface area contributed by atoms with Crippen molar-refractivity contribution >= 4 is 46.9 Å². The third-order valence-corrected chi connectivity index (χ3v) is 7.80. The van der Waals surface area contributed by atoms with Crippen molar-refractivity contribution in [3.8, 4) is 11.5 Å². The summed E-state index contributed by atoms with van der Waals surface area (Å²) in [5.74, 6) is 0.246. The summed E-state index contributed by atoms with van der Waals surface area (Å²) < 4.78 is 10.9. The second-order valence-electron chi connectivity index (χ2n) is 9.56. The van der Waals surface area contributed by atoms with Gasteiger partial charge >= 0.3 is 0 Å². The van der Waals surface area contributed by atoms with Crippen molar-refractivity contribution < 1.29 is 23.9 Å². The molecule has 226 valence electrons. The quantitative estimate of drug-likeness (QED) is 0.111. The monoisotopic (exact) mass is 609 g/mol. The number of hydrogen-bond donors (Lipinski definition) is 3. The van der Waals surface area contributed by atoms with E-state index < -0.39 is 11.8 Å². The minimum atomic E-state index is -0.507. The van der Waals surface area contributed by atoms with Crippen LogP contribution in [0.3, 0.4) is 0 Å². The maximum Gasteiger partial charge on any atom is 0.272 e. The van der Waals surface area contributed by atoms with Crippen LogP contribution in [0.15, 0.2) is 114 Å². The minimum absolute atomic E-state index is 0.0503. The van der Waals surface area contributed by atoms with E-state index in [0.717, 1.165) is 4.90 Å². The number of hydrogen-bond acceptors (Lipinski definition) is 6. The van der Waals surface area contributed by atoms with Gasteiger partial charge in [0.15, 0.2) is 0 Å². The van der Waals surface area contributed by atoms with Crippen molar-refractivity contribution in [1.82, 2.24) is 5.32 Å². The van der Waals surface area contributed by atoms with Gasteiger partial charge in [0.25, 0.3) is 11.8 Å². The normalized spacial score (nSPS) is 11.7. The molecule has 4 rings (SSSR count). The predicted molar refractivity (Wildman–Crippen MR) is 176 cm³/mol. The van der Waals surface area contributed by atoms with Crippen LogP contribution >= 0.6 is 11.8 Å². The predicted octanol–water partition coefficient (Wildman–Crippen LogP) is 7.01. The second kappa shape index (κ2) is 16.0. The molecule has 0 saturated carbocycles. The number of amides is 3. The molecule has 0 aliphatic carbocycles. The number of carbonyl (C=O) groups is 3. The van der Waals surface area contributed by atoms with Crippen LogP contribution < -0.4 is 25.4 Å². The number of ether oxygens (including phenoxy) is 2. The van der Waals surface area contributed by atoms with Gasteiger partial charge in [0.2, 0.25) is 5.91 Å². The molecule has 0 aromatic heterocycles. The van der Waals surface area contributed by atoms with Gasteiger partial charge < -0.3 is 25.4 Å². The van der Waals surface area contributed by atoms with E-state index in [0.29, 0.717) is 47.0 Å².